The van der Waals surface area contributed by atoms with Gasteiger partial charge in [0, 0.05) is 12.0 Å². The van der Waals surface area contributed by atoms with E-state index in [0.29, 0.717) is 28.9 Å². The summed E-state index contributed by atoms with van der Waals surface area (Å²) < 4.78 is 14.1. The first kappa shape index (κ1) is 21.5. The largest absolute Gasteiger partial charge is 0.384 e. The second kappa shape index (κ2) is 9.67. The summed E-state index contributed by atoms with van der Waals surface area (Å²) in [7, 11) is 0. The lowest BCUT2D eigenvalue weighted by atomic mass is 9.81. The van der Waals surface area contributed by atoms with Crippen LogP contribution in [0.3, 0.4) is 0 Å². The highest BCUT2D eigenvalue weighted by Gasteiger charge is 2.24. The molecule has 2 aromatic heterocycles. The van der Waals surface area contributed by atoms with Crippen molar-refractivity contribution < 1.29 is 4.39 Å². The molecule has 7 heteroatoms. The van der Waals surface area contributed by atoms with Crippen LogP contribution in [0.2, 0.25) is 0 Å². The number of nitrogens with zero attached hydrogens (tertiary/aromatic N) is 3. The van der Waals surface area contributed by atoms with E-state index in [-0.39, 0.29) is 11.7 Å². The van der Waals surface area contributed by atoms with E-state index in [0.717, 1.165) is 24.1 Å². The third kappa shape index (κ3) is 4.88. The van der Waals surface area contributed by atoms with Crippen LogP contribution in [0.5, 0.6) is 0 Å². The van der Waals surface area contributed by atoms with Gasteiger partial charge in [-0.3, -0.25) is 0 Å². The molecular weight excluding hydrogens is 415 g/mol. The number of benzene rings is 2. The minimum atomic E-state index is -0.247. The Bertz CT molecular complexity index is 1200. The average molecular weight is 445 g/mol. The number of H-pyrrole nitrogens is 1. The normalized spacial score (nSPS) is 19.5. The first-order chi connectivity index (χ1) is 16.2. The maximum atomic E-state index is 14.1. The molecule has 5 rings (SSSR count). The Morgan fingerprint density at radius 2 is 1.82 bits per heavy atom. The molecule has 1 aliphatic rings. The van der Waals surface area contributed by atoms with Crippen LogP contribution < -0.4 is 11.1 Å². The van der Waals surface area contributed by atoms with Gasteiger partial charge in [-0.1, -0.05) is 42.5 Å². The lowest BCUT2D eigenvalue weighted by Gasteiger charge is -2.30. The summed E-state index contributed by atoms with van der Waals surface area (Å²) in [5.41, 5.74) is 10.5. The number of pyridine rings is 1. The molecule has 1 aliphatic carbocycles. The van der Waals surface area contributed by atoms with Gasteiger partial charge in [0.25, 0.3) is 0 Å². The molecule has 0 radical (unpaired) electrons. The molecule has 0 spiro atoms. The van der Waals surface area contributed by atoms with Crippen LogP contribution in [0.25, 0.3) is 11.2 Å². The molecule has 1 atom stereocenters. The fourth-order valence-corrected chi connectivity index (χ4v) is 5.16. The maximum Gasteiger partial charge on any atom is 0.203 e. The van der Waals surface area contributed by atoms with Crippen LogP contribution in [0.1, 0.15) is 60.6 Å². The van der Waals surface area contributed by atoms with Crippen LogP contribution in [0, 0.1) is 5.82 Å². The summed E-state index contributed by atoms with van der Waals surface area (Å²) in [5, 5.41) is 14.8. The average Bonchev–Trinajstić information content (AvgIpc) is 3.31. The summed E-state index contributed by atoms with van der Waals surface area (Å²) in [5.74, 6) is 0.736. The molecule has 0 saturated heterocycles. The molecular formula is C26H29FN6. The molecule has 4 aromatic rings. The number of hydrogen-bond acceptors (Lipinski definition) is 5. The summed E-state index contributed by atoms with van der Waals surface area (Å²) in [6, 6.07) is 19.9. The van der Waals surface area contributed by atoms with Crippen molar-refractivity contribution in [3.05, 3.63) is 83.2 Å². The highest BCUT2D eigenvalue weighted by molar-refractivity contribution is 5.77. The third-order valence-electron chi connectivity index (χ3n) is 6.83. The number of nitrogens with one attached hydrogen (secondary N) is 2. The van der Waals surface area contributed by atoms with Crippen LogP contribution in [0.15, 0.2) is 60.7 Å². The molecule has 1 saturated carbocycles. The number of aromatic nitrogens is 4. The lowest BCUT2D eigenvalue weighted by Crippen LogP contribution is -2.34. The molecule has 2 heterocycles. The second-order valence-corrected chi connectivity index (χ2v) is 8.94. The van der Waals surface area contributed by atoms with Gasteiger partial charge in [-0.05, 0) is 79.5 Å². The number of anilines is 1. The number of rotatable bonds is 7. The van der Waals surface area contributed by atoms with E-state index < -0.39 is 0 Å². The molecule has 4 N–H and O–H groups in total. The van der Waals surface area contributed by atoms with Crippen LogP contribution in [0.4, 0.5) is 10.2 Å². The number of hydrogen-bond donors (Lipinski definition) is 3. The van der Waals surface area contributed by atoms with E-state index in [1.807, 2.05) is 12.1 Å². The van der Waals surface area contributed by atoms with Gasteiger partial charge in [0.2, 0.25) is 5.65 Å². The second-order valence-electron chi connectivity index (χ2n) is 8.94. The molecule has 2 aromatic carbocycles. The monoisotopic (exact) mass is 444 g/mol. The fourth-order valence-electron chi connectivity index (χ4n) is 5.16. The summed E-state index contributed by atoms with van der Waals surface area (Å²) >= 11 is 0. The number of nitrogens with two attached hydrogens (primary N) is 1. The van der Waals surface area contributed by atoms with Gasteiger partial charge in [-0.25, -0.2) is 9.37 Å². The van der Waals surface area contributed by atoms with Gasteiger partial charge < -0.3 is 11.1 Å². The molecule has 0 bridgehead atoms. The number of fused-ring (bicyclic) bond motifs is 1. The van der Waals surface area contributed by atoms with E-state index in [4.69, 9.17) is 5.73 Å². The molecule has 33 heavy (non-hydrogen) atoms. The number of nitrogen functional groups attached to an aromatic ring is 1. The standard InChI is InChI=1S/C26H29FN6/c27-20-8-4-7-19(15-20)22(23-16-24(28)30-26-25(23)31-33-32-26)13-14-29-21-11-9-18(10-12-21)17-5-2-1-3-6-17/h1-8,15-16,18,21-22,29H,9-14H2,(H3,28,30,31,32,33). The van der Waals surface area contributed by atoms with Gasteiger partial charge in [0.1, 0.15) is 17.2 Å². The zero-order chi connectivity index (χ0) is 22.6. The first-order valence-corrected chi connectivity index (χ1v) is 11.7. The molecule has 1 fully saturated rings. The van der Waals surface area contributed by atoms with Crippen LogP contribution >= 0.6 is 0 Å². The Morgan fingerprint density at radius 1 is 1.00 bits per heavy atom. The topological polar surface area (TPSA) is 92.5 Å². The van der Waals surface area contributed by atoms with Crippen molar-refractivity contribution in [2.24, 2.45) is 0 Å². The van der Waals surface area contributed by atoms with Crippen molar-refractivity contribution >= 4 is 17.0 Å². The predicted molar refractivity (Wildman–Crippen MR) is 128 cm³/mol. The first-order valence-electron chi connectivity index (χ1n) is 11.7. The van der Waals surface area contributed by atoms with Crippen molar-refractivity contribution in [3.8, 4) is 0 Å². The van der Waals surface area contributed by atoms with E-state index >= 15 is 0 Å². The summed E-state index contributed by atoms with van der Waals surface area (Å²) in [6.07, 6.45) is 5.54. The van der Waals surface area contributed by atoms with Crippen LogP contribution in [-0.2, 0) is 0 Å². The lowest BCUT2D eigenvalue weighted by molar-refractivity contribution is 0.340. The van der Waals surface area contributed by atoms with E-state index in [2.05, 4.69) is 56.0 Å². The molecule has 6 nitrogen and oxygen atoms in total. The van der Waals surface area contributed by atoms with Crippen molar-refractivity contribution in [2.75, 3.05) is 12.3 Å². The molecule has 0 amide bonds. The Morgan fingerprint density at radius 3 is 2.61 bits per heavy atom. The van der Waals surface area contributed by atoms with Gasteiger partial charge in [-0.15, -0.1) is 5.10 Å². The highest BCUT2D eigenvalue weighted by Crippen LogP contribution is 2.34. The third-order valence-corrected chi connectivity index (χ3v) is 6.83. The zero-order valence-electron chi connectivity index (χ0n) is 18.5. The fraction of sp³-hybridized carbons (Fsp3) is 0.346. The van der Waals surface area contributed by atoms with E-state index in [1.54, 1.807) is 12.1 Å². The Labute approximate surface area is 192 Å². The zero-order valence-corrected chi connectivity index (χ0v) is 18.5. The molecule has 170 valence electrons. The van der Waals surface area contributed by atoms with Gasteiger partial charge in [-0.2, -0.15) is 10.3 Å². The predicted octanol–water partition coefficient (Wildman–Crippen LogP) is 4.91. The Balaban J connectivity index is 1.28. The number of halogens is 1. The maximum absolute atomic E-state index is 14.1. The van der Waals surface area contributed by atoms with Crippen molar-refractivity contribution in [2.45, 2.75) is 50.0 Å². The highest BCUT2D eigenvalue weighted by atomic mass is 19.1. The van der Waals surface area contributed by atoms with E-state index in [1.165, 1.54) is 37.3 Å². The summed E-state index contributed by atoms with van der Waals surface area (Å²) in [6.45, 7) is 0.823. The van der Waals surface area contributed by atoms with Gasteiger partial charge >= 0.3 is 0 Å². The minimum absolute atomic E-state index is 0.0632. The molecule has 1 unspecified atom stereocenters. The SMILES string of the molecule is Nc1cc(C(CCNC2CCC(c3ccccc3)CC2)c2cccc(F)c2)c2n[nH]nc2n1. The number of aromatic amines is 1. The van der Waals surface area contributed by atoms with Crippen molar-refractivity contribution in [3.63, 3.8) is 0 Å². The van der Waals surface area contributed by atoms with Crippen LogP contribution in [-0.4, -0.2) is 33.0 Å². The van der Waals surface area contributed by atoms with E-state index in [9.17, 15) is 4.39 Å². The van der Waals surface area contributed by atoms with Crippen molar-refractivity contribution in [1.82, 2.24) is 25.7 Å². The quantitative estimate of drug-likeness (QED) is 0.377. The van der Waals surface area contributed by atoms with Crippen molar-refractivity contribution in [1.29, 1.82) is 0 Å². The molecule has 0 aliphatic heterocycles. The van der Waals surface area contributed by atoms with Gasteiger partial charge in [0.05, 0.1) is 0 Å². The smallest absolute Gasteiger partial charge is 0.203 e. The Hall–Kier alpha value is -3.32. The van der Waals surface area contributed by atoms with Gasteiger partial charge in [0.15, 0.2) is 0 Å². The Kier molecular flexibility index (Phi) is 6.30. The minimum Gasteiger partial charge on any atom is -0.384 e. The summed E-state index contributed by atoms with van der Waals surface area (Å²) in [4.78, 5) is 4.26.